The van der Waals surface area contributed by atoms with Crippen molar-refractivity contribution in [2.24, 2.45) is 0 Å². The fourth-order valence-corrected chi connectivity index (χ4v) is 14.4. The van der Waals surface area contributed by atoms with E-state index in [1.165, 1.54) is 0 Å². The van der Waals surface area contributed by atoms with Crippen LogP contribution in [0.15, 0.2) is 0 Å². The van der Waals surface area contributed by atoms with Gasteiger partial charge in [-0.25, -0.2) is 8.78 Å². The van der Waals surface area contributed by atoms with E-state index in [1.807, 2.05) is 19.6 Å². The molecular weight excluding hydrogens is 302 g/mol. The molecule has 0 rings (SSSR count). The average molecular weight is 331 g/mol. The maximum atomic E-state index is 13.0. The Bertz CT molecular complexity index is 290. The average Bonchev–Trinajstić information content (AvgIpc) is 2.09. The van der Waals surface area contributed by atoms with Gasteiger partial charge in [-0.2, -0.15) is 0 Å². The molecule has 1 unspecified atom stereocenters. The quantitative estimate of drug-likeness (QED) is 0.620. The molecule has 0 fully saturated rings. The topological polar surface area (TPSA) is 27.7 Å². The summed E-state index contributed by atoms with van der Waals surface area (Å²) in [6.07, 6.45) is -0.207. The normalized spacial score (nSPS) is 17.4. The van der Waals surface area contributed by atoms with Gasteiger partial charge in [0, 0.05) is 13.5 Å². The van der Waals surface area contributed by atoms with E-state index in [2.05, 4.69) is 19.6 Å². The number of rotatable bonds is 8. The van der Waals surface area contributed by atoms with Crippen molar-refractivity contribution in [3.8, 4) is 0 Å². The summed E-state index contributed by atoms with van der Waals surface area (Å²) >= 11 is 0. The molecule has 0 aliphatic rings. The minimum absolute atomic E-state index is 0.207. The maximum Gasteiger partial charge on any atom is 0.326 e. The van der Waals surface area contributed by atoms with Gasteiger partial charge >= 0.3 is 17.1 Å². The molecule has 0 saturated heterocycles. The van der Waals surface area contributed by atoms with Crippen LogP contribution in [0.25, 0.3) is 0 Å². The molecule has 0 bridgehead atoms. The van der Waals surface area contributed by atoms with Gasteiger partial charge in [0.1, 0.15) is 0 Å². The van der Waals surface area contributed by atoms with E-state index < -0.39 is 31.4 Å². The summed E-state index contributed by atoms with van der Waals surface area (Å²) < 4.78 is 43.6. The Morgan fingerprint density at radius 3 is 1.74 bits per heavy atom. The first-order chi connectivity index (χ1) is 8.18. The summed E-state index contributed by atoms with van der Waals surface area (Å²) in [5, 5.41) is 0. The van der Waals surface area contributed by atoms with Crippen molar-refractivity contribution in [2.45, 2.75) is 64.6 Å². The van der Waals surface area contributed by atoms with Gasteiger partial charge in [0.2, 0.25) is 5.92 Å². The molecule has 0 aromatic heterocycles. The molecule has 0 radical (unpaired) electrons. The second kappa shape index (κ2) is 6.44. The molecule has 19 heavy (non-hydrogen) atoms. The van der Waals surface area contributed by atoms with Crippen molar-refractivity contribution in [1.29, 1.82) is 0 Å². The fourth-order valence-electron chi connectivity index (χ4n) is 1.92. The van der Waals surface area contributed by atoms with Gasteiger partial charge in [-0.15, -0.1) is 0 Å². The minimum Gasteiger partial charge on any atom is -0.437 e. The summed E-state index contributed by atoms with van der Waals surface area (Å²) in [7, 11) is -5.10. The molecule has 3 nitrogen and oxygen atoms in total. The molecule has 0 saturated carbocycles. The van der Waals surface area contributed by atoms with Crippen molar-refractivity contribution in [3.63, 3.8) is 0 Å². The lowest BCUT2D eigenvalue weighted by molar-refractivity contribution is 0.0156. The highest BCUT2D eigenvalue weighted by Gasteiger charge is 2.42. The third kappa shape index (κ3) is 9.85. The predicted molar refractivity (Wildman–Crippen MR) is 81.7 cm³/mol. The van der Waals surface area contributed by atoms with Gasteiger partial charge in [-0.1, -0.05) is 0 Å². The number of halogens is 2. The van der Waals surface area contributed by atoms with Crippen LogP contribution in [-0.2, 0) is 12.7 Å². The summed E-state index contributed by atoms with van der Waals surface area (Å²) in [5.41, 5.74) is 0. The largest absolute Gasteiger partial charge is 0.437 e. The molecule has 8 heteroatoms. The van der Waals surface area contributed by atoms with Crippen molar-refractivity contribution in [2.75, 3.05) is 7.11 Å². The van der Waals surface area contributed by atoms with Crippen LogP contribution in [0.2, 0.25) is 45.3 Å². The van der Waals surface area contributed by atoms with Gasteiger partial charge in [-0.3, -0.25) is 0 Å². The van der Waals surface area contributed by atoms with E-state index >= 15 is 0 Å². The molecule has 0 spiro atoms. The smallest absolute Gasteiger partial charge is 0.326 e. The monoisotopic (exact) mass is 330 g/mol. The number of hydrogen-bond acceptors (Lipinski definition) is 3. The van der Waals surface area contributed by atoms with E-state index in [0.29, 0.717) is 0 Å². The van der Waals surface area contributed by atoms with Crippen molar-refractivity contribution < 1.29 is 21.4 Å². The zero-order valence-corrected chi connectivity index (χ0v) is 16.4. The van der Waals surface area contributed by atoms with Crippen LogP contribution >= 0.6 is 0 Å². The highest BCUT2D eigenvalue weighted by molar-refractivity contribution is 6.86. The Labute approximate surface area is 119 Å². The first-order valence-corrected chi connectivity index (χ1v) is 15.3. The van der Waals surface area contributed by atoms with Gasteiger partial charge in [-0.05, 0) is 52.2 Å². The standard InChI is InChI=1S/C11H28F2O3Si3/c1-11(12,13)9-10-19(8,14-2)16-18(6,7)15-17(3,4)5/h9-10H2,1-8H3. The van der Waals surface area contributed by atoms with Gasteiger partial charge < -0.3 is 12.7 Å². The first kappa shape index (κ1) is 19.4. The van der Waals surface area contributed by atoms with E-state index in [0.717, 1.165) is 6.92 Å². The first-order valence-electron chi connectivity index (χ1n) is 6.51. The lowest BCUT2D eigenvalue weighted by Gasteiger charge is -2.38. The molecule has 0 N–H and O–H groups in total. The predicted octanol–water partition coefficient (Wildman–Crippen LogP) is 4.32. The third-order valence-electron chi connectivity index (χ3n) is 2.46. The SMILES string of the molecule is CO[Si](C)(CCC(C)(F)F)O[Si](C)(C)O[Si](C)(C)C. The zero-order valence-electron chi connectivity index (χ0n) is 13.4. The minimum atomic E-state index is -2.68. The zero-order chi connectivity index (χ0) is 15.5. The second-order valence-electron chi connectivity index (χ2n) is 6.62. The molecule has 0 aromatic carbocycles. The molecule has 0 amide bonds. The summed E-state index contributed by atoms with van der Waals surface area (Å²) in [6, 6.07) is 0.276. The highest BCUT2D eigenvalue weighted by Crippen LogP contribution is 2.28. The summed E-state index contributed by atoms with van der Waals surface area (Å²) in [5.74, 6) is -2.68. The molecular formula is C11H28F2O3Si3. The maximum absolute atomic E-state index is 13.0. The third-order valence-corrected chi connectivity index (χ3v) is 12.6. The molecule has 0 heterocycles. The summed E-state index contributed by atoms with van der Waals surface area (Å²) in [6.45, 7) is 13.0. The van der Waals surface area contributed by atoms with Crippen LogP contribution < -0.4 is 0 Å². The Kier molecular flexibility index (Phi) is 6.57. The number of hydrogen-bond donors (Lipinski definition) is 0. The van der Waals surface area contributed by atoms with Crippen molar-refractivity contribution >= 4 is 25.4 Å². The fraction of sp³-hybridized carbons (Fsp3) is 1.00. The molecule has 0 aliphatic heterocycles. The Morgan fingerprint density at radius 1 is 0.947 bits per heavy atom. The van der Waals surface area contributed by atoms with Crippen molar-refractivity contribution in [1.82, 2.24) is 0 Å². The lowest BCUT2D eigenvalue weighted by Crippen LogP contribution is -2.53. The van der Waals surface area contributed by atoms with Crippen LogP contribution in [0.4, 0.5) is 8.78 Å². The van der Waals surface area contributed by atoms with Gasteiger partial charge in [0.15, 0.2) is 8.32 Å². The van der Waals surface area contributed by atoms with E-state index in [4.69, 9.17) is 12.7 Å². The second-order valence-corrected chi connectivity index (χ2v) is 18.5. The Hall–Kier alpha value is 0.391. The molecule has 116 valence electrons. The van der Waals surface area contributed by atoms with E-state index in [1.54, 1.807) is 7.11 Å². The van der Waals surface area contributed by atoms with E-state index in [9.17, 15) is 8.78 Å². The van der Waals surface area contributed by atoms with Gasteiger partial charge in [0.05, 0.1) is 0 Å². The molecule has 0 aliphatic carbocycles. The summed E-state index contributed by atoms with van der Waals surface area (Å²) in [4.78, 5) is 0. The molecule has 0 aromatic rings. The Morgan fingerprint density at radius 2 is 1.42 bits per heavy atom. The lowest BCUT2D eigenvalue weighted by atomic mass is 10.3. The van der Waals surface area contributed by atoms with Crippen LogP contribution in [0.3, 0.4) is 0 Å². The molecule has 1 atom stereocenters. The van der Waals surface area contributed by atoms with Crippen LogP contribution in [-0.4, -0.2) is 38.5 Å². The van der Waals surface area contributed by atoms with Crippen LogP contribution in [0, 0.1) is 0 Å². The van der Waals surface area contributed by atoms with E-state index in [-0.39, 0.29) is 12.5 Å². The Balaban J connectivity index is 4.68. The van der Waals surface area contributed by atoms with Crippen LogP contribution in [0.5, 0.6) is 0 Å². The van der Waals surface area contributed by atoms with Gasteiger partial charge in [0.25, 0.3) is 0 Å². The van der Waals surface area contributed by atoms with Crippen molar-refractivity contribution in [3.05, 3.63) is 0 Å². The highest BCUT2D eigenvalue weighted by atomic mass is 28.5. The van der Waals surface area contributed by atoms with Crippen LogP contribution in [0.1, 0.15) is 13.3 Å². The number of alkyl halides is 2.